The zero-order valence-electron chi connectivity index (χ0n) is 25.6. The van der Waals surface area contributed by atoms with Gasteiger partial charge in [-0.2, -0.15) is 0 Å². The molecular formula is C34H39N5O2S. The van der Waals surface area contributed by atoms with E-state index < -0.39 is 5.41 Å². The van der Waals surface area contributed by atoms with Crippen LogP contribution in [0, 0.1) is 33.1 Å². The van der Waals surface area contributed by atoms with Crippen LogP contribution in [-0.4, -0.2) is 27.7 Å². The fourth-order valence-electron chi connectivity index (χ4n) is 5.61. The fourth-order valence-corrected chi connectivity index (χ4v) is 5.96. The Morgan fingerprint density at radius 2 is 1.79 bits per heavy atom. The number of anilines is 2. The number of aromatic nitrogens is 2. The number of carbonyl (C=O) groups is 1. The molecule has 0 unspecified atom stereocenters. The summed E-state index contributed by atoms with van der Waals surface area (Å²) in [5, 5.41) is 7.17. The van der Waals surface area contributed by atoms with Crippen LogP contribution >= 0.6 is 12.2 Å². The largest absolute Gasteiger partial charge is 0.494 e. The highest BCUT2D eigenvalue weighted by Crippen LogP contribution is 2.45. The monoisotopic (exact) mass is 581 g/mol. The van der Waals surface area contributed by atoms with E-state index in [1.165, 1.54) is 16.8 Å². The smallest absolute Gasteiger partial charge is 0.229 e. The van der Waals surface area contributed by atoms with Crippen LogP contribution in [0.15, 0.2) is 66.9 Å². The van der Waals surface area contributed by atoms with Crippen molar-refractivity contribution in [3.63, 3.8) is 0 Å². The van der Waals surface area contributed by atoms with E-state index >= 15 is 0 Å². The Morgan fingerprint density at radius 3 is 2.45 bits per heavy atom. The zero-order chi connectivity index (χ0) is 30.3. The molecule has 0 bridgehead atoms. The molecule has 1 aliphatic rings. The van der Waals surface area contributed by atoms with Crippen LogP contribution in [0.5, 0.6) is 5.75 Å². The van der Waals surface area contributed by atoms with Crippen molar-refractivity contribution in [2.75, 3.05) is 17.3 Å². The number of hydrogen-bond acceptors (Lipinski definition) is 4. The number of hydrogen-bond donors (Lipinski definition) is 2. The van der Waals surface area contributed by atoms with E-state index in [1.54, 1.807) is 7.11 Å². The molecule has 1 aliphatic heterocycles. The first-order chi connectivity index (χ1) is 19.9. The van der Waals surface area contributed by atoms with Gasteiger partial charge < -0.3 is 24.8 Å². The van der Waals surface area contributed by atoms with Gasteiger partial charge in [0.25, 0.3) is 0 Å². The Morgan fingerprint density at radius 1 is 1.02 bits per heavy atom. The number of amides is 1. The number of rotatable bonds is 6. The van der Waals surface area contributed by atoms with Gasteiger partial charge in [-0.05, 0) is 93.0 Å². The lowest BCUT2D eigenvalue weighted by atomic mass is 9.95. The van der Waals surface area contributed by atoms with Gasteiger partial charge >= 0.3 is 0 Å². The summed E-state index contributed by atoms with van der Waals surface area (Å²) in [6.45, 7) is 14.2. The number of aryl methyl sites for hydroxylation is 3. The molecule has 0 aliphatic carbocycles. The van der Waals surface area contributed by atoms with Crippen LogP contribution < -0.4 is 20.3 Å². The molecule has 0 saturated carbocycles. The maximum Gasteiger partial charge on any atom is 0.229 e. The molecule has 2 aromatic carbocycles. The molecule has 2 aromatic heterocycles. The third kappa shape index (κ3) is 5.39. The standard InChI is InChI=1S/C34H39N5O2S/c1-20-12-13-21(2)28(17-20)38-22(3)18-25(23(38)4)31-30(27-11-9-10-16-35-27)37-33(42)39(31)24-14-15-26(29(19-24)41-8)36-32(40)34(5,6)7/h9-19,30-31H,1-8H3,(H,36,40)(H,37,42)/t30-,31+/m0/s1. The van der Waals surface area contributed by atoms with Gasteiger partial charge in [0.2, 0.25) is 5.91 Å². The van der Waals surface area contributed by atoms with Gasteiger partial charge in [0.05, 0.1) is 30.6 Å². The van der Waals surface area contributed by atoms with E-state index in [0.717, 1.165) is 28.3 Å². The lowest BCUT2D eigenvalue weighted by Crippen LogP contribution is -2.30. The van der Waals surface area contributed by atoms with E-state index in [-0.39, 0.29) is 18.0 Å². The van der Waals surface area contributed by atoms with Crippen molar-refractivity contribution in [3.8, 4) is 11.4 Å². The summed E-state index contributed by atoms with van der Waals surface area (Å²) in [6.07, 6.45) is 1.81. The average Bonchev–Trinajstić information content (AvgIpc) is 3.44. The zero-order valence-corrected chi connectivity index (χ0v) is 26.4. The molecule has 1 amide bonds. The topological polar surface area (TPSA) is 71.4 Å². The lowest BCUT2D eigenvalue weighted by molar-refractivity contribution is -0.123. The Balaban J connectivity index is 1.64. The molecule has 2 N–H and O–H groups in total. The molecule has 8 heteroatoms. The second kappa shape index (κ2) is 11.2. The first-order valence-electron chi connectivity index (χ1n) is 14.2. The average molecular weight is 582 g/mol. The van der Waals surface area contributed by atoms with Gasteiger partial charge in [-0.15, -0.1) is 0 Å². The van der Waals surface area contributed by atoms with E-state index in [0.29, 0.717) is 16.5 Å². The molecule has 218 valence electrons. The van der Waals surface area contributed by atoms with Gasteiger partial charge in [0.15, 0.2) is 5.11 Å². The van der Waals surface area contributed by atoms with Gasteiger partial charge in [-0.25, -0.2) is 0 Å². The minimum absolute atomic E-state index is 0.0844. The molecule has 4 aromatic rings. The van der Waals surface area contributed by atoms with Gasteiger partial charge in [0, 0.05) is 40.4 Å². The number of methoxy groups -OCH3 is 1. The number of thiocarbonyl (C=S) groups is 1. The molecule has 3 heterocycles. The summed E-state index contributed by atoms with van der Waals surface area (Å²) >= 11 is 5.99. The summed E-state index contributed by atoms with van der Waals surface area (Å²) in [5.74, 6) is 0.479. The van der Waals surface area contributed by atoms with Gasteiger partial charge in [0.1, 0.15) is 5.75 Å². The first-order valence-corrected chi connectivity index (χ1v) is 14.6. The van der Waals surface area contributed by atoms with Crippen molar-refractivity contribution in [3.05, 3.63) is 101 Å². The molecule has 2 atom stereocenters. The Labute approximate surface area is 253 Å². The molecular weight excluding hydrogens is 542 g/mol. The molecule has 5 rings (SSSR count). The van der Waals surface area contributed by atoms with Crippen LogP contribution in [0.25, 0.3) is 5.69 Å². The van der Waals surface area contributed by atoms with Crippen molar-refractivity contribution in [2.24, 2.45) is 5.41 Å². The third-order valence-corrected chi connectivity index (χ3v) is 8.20. The fraction of sp³-hybridized carbons (Fsp3) is 0.324. The summed E-state index contributed by atoms with van der Waals surface area (Å²) in [7, 11) is 1.61. The molecule has 7 nitrogen and oxygen atoms in total. The normalized spacial score (nSPS) is 16.9. The summed E-state index contributed by atoms with van der Waals surface area (Å²) in [5.41, 5.74) is 8.89. The maximum atomic E-state index is 12.7. The number of nitrogens with one attached hydrogen (secondary N) is 2. The van der Waals surface area contributed by atoms with Crippen LogP contribution in [-0.2, 0) is 4.79 Å². The number of carbonyl (C=O) groups excluding carboxylic acids is 1. The highest BCUT2D eigenvalue weighted by atomic mass is 32.1. The highest BCUT2D eigenvalue weighted by Gasteiger charge is 2.42. The predicted molar refractivity (Wildman–Crippen MR) is 174 cm³/mol. The van der Waals surface area contributed by atoms with E-state index in [2.05, 4.69) is 72.1 Å². The third-order valence-electron chi connectivity index (χ3n) is 7.89. The van der Waals surface area contributed by atoms with Crippen molar-refractivity contribution in [1.82, 2.24) is 14.9 Å². The van der Waals surface area contributed by atoms with Crippen molar-refractivity contribution in [1.29, 1.82) is 0 Å². The Bertz CT molecular complexity index is 1650. The van der Waals surface area contributed by atoms with Crippen LogP contribution in [0.3, 0.4) is 0 Å². The van der Waals surface area contributed by atoms with Gasteiger partial charge in [-0.3, -0.25) is 9.78 Å². The minimum Gasteiger partial charge on any atom is -0.494 e. The van der Waals surface area contributed by atoms with Crippen molar-refractivity contribution < 1.29 is 9.53 Å². The number of ether oxygens (including phenoxy) is 1. The summed E-state index contributed by atoms with van der Waals surface area (Å²) in [6, 6.07) is 20.2. The first kappa shape index (κ1) is 29.3. The van der Waals surface area contributed by atoms with Crippen molar-refractivity contribution in [2.45, 2.75) is 60.5 Å². The summed E-state index contributed by atoms with van der Waals surface area (Å²) < 4.78 is 8.09. The van der Waals surface area contributed by atoms with Gasteiger partial charge in [-0.1, -0.05) is 39.0 Å². The van der Waals surface area contributed by atoms with E-state index in [4.69, 9.17) is 21.9 Å². The Hall–Kier alpha value is -4.17. The molecule has 1 fully saturated rings. The molecule has 0 radical (unpaired) electrons. The predicted octanol–water partition coefficient (Wildman–Crippen LogP) is 7.28. The minimum atomic E-state index is -0.538. The van der Waals surface area contributed by atoms with E-state index in [1.807, 2.05) is 63.4 Å². The highest BCUT2D eigenvalue weighted by molar-refractivity contribution is 7.80. The second-order valence-electron chi connectivity index (χ2n) is 12.0. The quantitative estimate of drug-likeness (QED) is 0.233. The number of pyridine rings is 1. The SMILES string of the molecule is COc1cc(N2C(=S)N[C@@H](c3ccccn3)[C@H]2c2cc(C)n(-c3cc(C)ccc3C)c2C)ccc1NC(=O)C(C)(C)C. The summed E-state index contributed by atoms with van der Waals surface area (Å²) in [4.78, 5) is 19.6. The number of nitrogens with zero attached hydrogens (tertiary/aromatic N) is 3. The van der Waals surface area contributed by atoms with Crippen LogP contribution in [0.1, 0.15) is 66.6 Å². The number of benzene rings is 2. The molecule has 1 saturated heterocycles. The van der Waals surface area contributed by atoms with Crippen molar-refractivity contribution >= 4 is 34.6 Å². The second-order valence-corrected chi connectivity index (χ2v) is 12.4. The Kier molecular flexibility index (Phi) is 7.86. The molecule has 0 spiro atoms. The van der Waals surface area contributed by atoms with E-state index in [9.17, 15) is 4.79 Å². The molecule has 42 heavy (non-hydrogen) atoms. The van der Waals surface area contributed by atoms with Crippen LogP contribution in [0.2, 0.25) is 0 Å². The lowest BCUT2D eigenvalue weighted by Gasteiger charge is -2.29. The van der Waals surface area contributed by atoms with Crippen LogP contribution in [0.4, 0.5) is 11.4 Å². The maximum absolute atomic E-state index is 12.7.